The number of hydrazine groups is 1. The predicted molar refractivity (Wildman–Crippen MR) is 77.9 cm³/mol. The molecule has 6 atom stereocenters. The molecule has 2 rings (SSSR count). The maximum Gasteiger partial charge on any atom is 0.0267 e. The maximum absolute atomic E-state index is 5.90. The van der Waals surface area contributed by atoms with E-state index in [1.165, 1.54) is 44.9 Å². The SMILES string of the molecule is CCC1CCC(C(NN)C2CCC(C)C(C)C2)C1. The highest BCUT2D eigenvalue weighted by Gasteiger charge is 2.36. The molecule has 2 heteroatoms. The van der Waals surface area contributed by atoms with Crippen LogP contribution in [0.1, 0.15) is 65.7 Å². The van der Waals surface area contributed by atoms with Crippen molar-refractivity contribution in [1.82, 2.24) is 5.43 Å². The van der Waals surface area contributed by atoms with Gasteiger partial charge in [0.05, 0.1) is 0 Å². The Morgan fingerprint density at radius 2 is 1.67 bits per heavy atom. The van der Waals surface area contributed by atoms with Gasteiger partial charge in [-0.1, -0.05) is 40.0 Å². The van der Waals surface area contributed by atoms with Crippen LogP contribution in [0.25, 0.3) is 0 Å². The average molecular weight is 252 g/mol. The van der Waals surface area contributed by atoms with E-state index >= 15 is 0 Å². The number of hydrogen-bond donors (Lipinski definition) is 2. The predicted octanol–water partition coefficient (Wildman–Crippen LogP) is 3.72. The molecule has 2 saturated carbocycles. The Bertz CT molecular complexity index is 253. The highest BCUT2D eigenvalue weighted by Crippen LogP contribution is 2.42. The normalized spacial score (nSPS) is 43.0. The fourth-order valence-corrected chi connectivity index (χ4v) is 4.38. The smallest absolute Gasteiger partial charge is 0.0267 e. The van der Waals surface area contributed by atoms with Crippen molar-refractivity contribution >= 4 is 0 Å². The molecule has 0 aromatic carbocycles. The van der Waals surface area contributed by atoms with Crippen molar-refractivity contribution in [3.8, 4) is 0 Å². The number of hydrogen-bond acceptors (Lipinski definition) is 2. The number of nitrogens with two attached hydrogens (primary N) is 1. The minimum Gasteiger partial charge on any atom is -0.271 e. The molecule has 106 valence electrons. The molecule has 3 N–H and O–H groups in total. The number of nitrogens with one attached hydrogen (secondary N) is 1. The Labute approximate surface area is 113 Å². The Balaban J connectivity index is 1.92. The topological polar surface area (TPSA) is 38.0 Å². The summed E-state index contributed by atoms with van der Waals surface area (Å²) in [6.45, 7) is 7.17. The van der Waals surface area contributed by atoms with Crippen molar-refractivity contribution in [3.05, 3.63) is 0 Å². The van der Waals surface area contributed by atoms with Crippen LogP contribution in [0.15, 0.2) is 0 Å². The zero-order valence-electron chi connectivity index (χ0n) is 12.5. The van der Waals surface area contributed by atoms with Crippen molar-refractivity contribution in [3.63, 3.8) is 0 Å². The van der Waals surface area contributed by atoms with E-state index in [1.807, 2.05) is 0 Å². The first kappa shape index (κ1) is 14.3. The molecule has 0 radical (unpaired) electrons. The third kappa shape index (κ3) is 3.08. The van der Waals surface area contributed by atoms with Crippen molar-refractivity contribution < 1.29 is 0 Å². The quantitative estimate of drug-likeness (QED) is 0.591. The second-order valence-electron chi connectivity index (χ2n) is 7.07. The second kappa shape index (κ2) is 6.38. The third-order valence-corrected chi connectivity index (χ3v) is 6.01. The van der Waals surface area contributed by atoms with Gasteiger partial charge in [0.15, 0.2) is 0 Å². The van der Waals surface area contributed by atoms with Crippen LogP contribution in [0.3, 0.4) is 0 Å². The average Bonchev–Trinajstić information content (AvgIpc) is 2.83. The fraction of sp³-hybridized carbons (Fsp3) is 1.00. The summed E-state index contributed by atoms with van der Waals surface area (Å²) in [5.41, 5.74) is 3.19. The molecule has 0 spiro atoms. The van der Waals surface area contributed by atoms with E-state index in [-0.39, 0.29) is 0 Å². The van der Waals surface area contributed by atoms with Gasteiger partial charge in [0.1, 0.15) is 0 Å². The minimum absolute atomic E-state index is 0.580. The van der Waals surface area contributed by atoms with Crippen molar-refractivity contribution in [2.24, 2.45) is 35.4 Å². The first-order chi connectivity index (χ1) is 8.65. The van der Waals surface area contributed by atoms with Crippen LogP contribution < -0.4 is 11.3 Å². The molecular weight excluding hydrogens is 220 g/mol. The lowest BCUT2D eigenvalue weighted by Gasteiger charge is -2.39. The molecule has 0 heterocycles. The van der Waals surface area contributed by atoms with E-state index in [4.69, 9.17) is 5.84 Å². The highest BCUT2D eigenvalue weighted by molar-refractivity contribution is 4.90. The summed E-state index contributed by atoms with van der Waals surface area (Å²) in [7, 11) is 0. The largest absolute Gasteiger partial charge is 0.271 e. The molecule has 2 fully saturated rings. The summed E-state index contributed by atoms with van der Waals surface area (Å²) in [6, 6.07) is 0.580. The van der Waals surface area contributed by atoms with Crippen LogP contribution in [-0.2, 0) is 0 Å². The maximum atomic E-state index is 5.90. The lowest BCUT2D eigenvalue weighted by atomic mass is 9.70. The summed E-state index contributed by atoms with van der Waals surface area (Å²) in [5.74, 6) is 10.3. The molecule has 2 aliphatic carbocycles. The third-order valence-electron chi connectivity index (χ3n) is 6.01. The Hall–Kier alpha value is -0.0800. The summed E-state index contributed by atoms with van der Waals surface area (Å²) in [6.07, 6.45) is 9.74. The lowest BCUT2D eigenvalue weighted by molar-refractivity contribution is 0.140. The van der Waals surface area contributed by atoms with Crippen LogP contribution in [0.5, 0.6) is 0 Å². The molecule has 0 aliphatic heterocycles. The van der Waals surface area contributed by atoms with Gasteiger partial charge >= 0.3 is 0 Å². The van der Waals surface area contributed by atoms with E-state index in [0.29, 0.717) is 6.04 Å². The van der Waals surface area contributed by atoms with Gasteiger partial charge in [-0.2, -0.15) is 0 Å². The first-order valence-electron chi connectivity index (χ1n) is 8.11. The molecule has 18 heavy (non-hydrogen) atoms. The molecule has 0 aromatic heterocycles. The summed E-state index contributed by atoms with van der Waals surface area (Å²) < 4.78 is 0. The van der Waals surface area contributed by atoms with Gasteiger partial charge in [-0.15, -0.1) is 0 Å². The van der Waals surface area contributed by atoms with Gasteiger partial charge < -0.3 is 0 Å². The van der Waals surface area contributed by atoms with Crippen LogP contribution in [0.4, 0.5) is 0 Å². The fourth-order valence-electron chi connectivity index (χ4n) is 4.38. The lowest BCUT2D eigenvalue weighted by Crippen LogP contribution is -2.47. The Morgan fingerprint density at radius 3 is 2.22 bits per heavy atom. The van der Waals surface area contributed by atoms with Crippen LogP contribution in [0, 0.1) is 29.6 Å². The molecule has 0 amide bonds. The molecule has 2 aliphatic rings. The zero-order chi connectivity index (χ0) is 13.1. The number of rotatable bonds is 4. The minimum atomic E-state index is 0.580. The molecule has 2 nitrogen and oxygen atoms in total. The molecule has 6 unspecified atom stereocenters. The Morgan fingerprint density at radius 1 is 1.00 bits per heavy atom. The van der Waals surface area contributed by atoms with E-state index in [9.17, 15) is 0 Å². The monoisotopic (exact) mass is 252 g/mol. The molecule has 0 aromatic rings. The summed E-state index contributed by atoms with van der Waals surface area (Å²) >= 11 is 0. The van der Waals surface area contributed by atoms with Gasteiger partial charge in [0, 0.05) is 6.04 Å². The molecule has 0 bridgehead atoms. The van der Waals surface area contributed by atoms with Crippen molar-refractivity contribution in [1.29, 1.82) is 0 Å². The van der Waals surface area contributed by atoms with E-state index < -0.39 is 0 Å². The van der Waals surface area contributed by atoms with Crippen LogP contribution in [-0.4, -0.2) is 6.04 Å². The zero-order valence-corrected chi connectivity index (χ0v) is 12.5. The van der Waals surface area contributed by atoms with Crippen LogP contribution >= 0.6 is 0 Å². The van der Waals surface area contributed by atoms with E-state index in [0.717, 1.165) is 29.6 Å². The van der Waals surface area contributed by atoms with Gasteiger partial charge in [-0.25, -0.2) is 0 Å². The van der Waals surface area contributed by atoms with E-state index in [2.05, 4.69) is 26.2 Å². The summed E-state index contributed by atoms with van der Waals surface area (Å²) in [5, 5.41) is 0. The highest BCUT2D eigenvalue weighted by atomic mass is 15.2. The van der Waals surface area contributed by atoms with Crippen molar-refractivity contribution in [2.75, 3.05) is 0 Å². The van der Waals surface area contributed by atoms with Gasteiger partial charge in [0.2, 0.25) is 0 Å². The Kier molecular flexibility index (Phi) is 5.08. The van der Waals surface area contributed by atoms with E-state index in [1.54, 1.807) is 0 Å². The van der Waals surface area contributed by atoms with Gasteiger partial charge in [-0.05, 0) is 55.3 Å². The van der Waals surface area contributed by atoms with Gasteiger partial charge in [-0.3, -0.25) is 11.3 Å². The summed E-state index contributed by atoms with van der Waals surface area (Å²) in [4.78, 5) is 0. The standard InChI is InChI=1S/C16H32N2/c1-4-13-6-8-15(10-13)16(18-17)14-7-5-11(2)12(3)9-14/h11-16,18H,4-10,17H2,1-3H3. The van der Waals surface area contributed by atoms with Crippen molar-refractivity contribution in [2.45, 2.75) is 71.8 Å². The van der Waals surface area contributed by atoms with Gasteiger partial charge in [0.25, 0.3) is 0 Å². The first-order valence-corrected chi connectivity index (χ1v) is 8.11. The molecule has 0 saturated heterocycles. The second-order valence-corrected chi connectivity index (χ2v) is 7.07. The van der Waals surface area contributed by atoms with Crippen LogP contribution in [0.2, 0.25) is 0 Å². The molecular formula is C16H32N2.